The van der Waals surface area contributed by atoms with E-state index in [9.17, 15) is 4.79 Å². The maximum absolute atomic E-state index is 14.2. The number of rotatable bonds is 7. The van der Waals surface area contributed by atoms with Gasteiger partial charge in [0.15, 0.2) is 0 Å². The minimum absolute atomic E-state index is 0.00565. The molecule has 0 radical (unpaired) electrons. The van der Waals surface area contributed by atoms with E-state index >= 15 is 0 Å². The number of pyridine rings is 1. The molecular formula is C32H36N8O. The molecule has 2 fully saturated rings. The Bertz CT molecular complexity index is 1660. The van der Waals surface area contributed by atoms with Gasteiger partial charge in [-0.3, -0.25) is 14.3 Å². The Labute approximate surface area is 239 Å². The van der Waals surface area contributed by atoms with E-state index in [-0.39, 0.29) is 11.6 Å². The average molecular weight is 549 g/mol. The third-order valence-corrected chi connectivity index (χ3v) is 8.68. The third kappa shape index (κ3) is 5.39. The van der Waals surface area contributed by atoms with Crippen LogP contribution in [0.5, 0.6) is 0 Å². The van der Waals surface area contributed by atoms with Crippen molar-refractivity contribution >= 4 is 28.2 Å². The van der Waals surface area contributed by atoms with Crippen LogP contribution in [0.25, 0.3) is 16.6 Å². The topological polar surface area (TPSA) is 101 Å². The third-order valence-electron chi connectivity index (χ3n) is 8.68. The Morgan fingerprint density at radius 1 is 1.07 bits per heavy atom. The Morgan fingerprint density at radius 2 is 1.95 bits per heavy atom. The number of nitrogens with zero attached hydrogens (tertiary/aromatic N) is 6. The summed E-state index contributed by atoms with van der Waals surface area (Å²) < 4.78 is 1.82. The summed E-state index contributed by atoms with van der Waals surface area (Å²) in [6.07, 6.45) is 14.1. The van der Waals surface area contributed by atoms with Crippen molar-refractivity contribution in [1.29, 1.82) is 0 Å². The monoisotopic (exact) mass is 548 g/mol. The molecule has 2 aliphatic heterocycles. The average Bonchev–Trinajstić information content (AvgIpc) is 3.86. The molecular weight excluding hydrogens is 512 g/mol. The van der Waals surface area contributed by atoms with Crippen molar-refractivity contribution in [3.05, 3.63) is 87.9 Å². The SMILES string of the molecule is CN1CCCCC1c1cc2cnc(Nc3ccc(C4=CCNCC4)cc3)nc2n(Cc2cncnc2C2CC2)c1=O. The summed E-state index contributed by atoms with van der Waals surface area (Å²) >= 11 is 0. The fourth-order valence-corrected chi connectivity index (χ4v) is 6.26. The highest BCUT2D eigenvalue weighted by Crippen LogP contribution is 2.40. The van der Waals surface area contributed by atoms with Crippen molar-refractivity contribution in [3.63, 3.8) is 0 Å². The number of hydrogen-bond acceptors (Lipinski definition) is 8. The number of anilines is 2. The Hall–Kier alpha value is -3.95. The van der Waals surface area contributed by atoms with Gasteiger partial charge in [-0.2, -0.15) is 4.98 Å². The second-order valence-electron chi connectivity index (χ2n) is 11.5. The van der Waals surface area contributed by atoms with Crippen molar-refractivity contribution in [3.8, 4) is 0 Å². The molecule has 1 saturated carbocycles. The molecule has 9 heteroatoms. The summed E-state index contributed by atoms with van der Waals surface area (Å²) in [4.78, 5) is 35.0. The lowest BCUT2D eigenvalue weighted by molar-refractivity contribution is 0.186. The van der Waals surface area contributed by atoms with Gasteiger partial charge in [0.2, 0.25) is 5.95 Å². The van der Waals surface area contributed by atoms with Crippen molar-refractivity contribution in [2.75, 3.05) is 32.0 Å². The largest absolute Gasteiger partial charge is 0.324 e. The molecule has 1 unspecified atom stereocenters. The van der Waals surface area contributed by atoms with E-state index in [1.54, 1.807) is 6.33 Å². The van der Waals surface area contributed by atoms with E-state index in [0.29, 0.717) is 24.1 Å². The van der Waals surface area contributed by atoms with Gasteiger partial charge >= 0.3 is 0 Å². The summed E-state index contributed by atoms with van der Waals surface area (Å²) in [5.41, 5.74) is 7.00. The number of nitrogens with one attached hydrogen (secondary N) is 2. The predicted molar refractivity (Wildman–Crippen MR) is 161 cm³/mol. The summed E-state index contributed by atoms with van der Waals surface area (Å²) in [7, 11) is 2.12. The van der Waals surface area contributed by atoms with Crippen LogP contribution in [-0.2, 0) is 6.54 Å². The molecule has 0 spiro atoms. The van der Waals surface area contributed by atoms with Gasteiger partial charge in [-0.1, -0.05) is 24.6 Å². The molecule has 2 N–H and O–H groups in total. The van der Waals surface area contributed by atoms with Gasteiger partial charge in [0, 0.05) is 53.1 Å². The molecule has 41 heavy (non-hydrogen) atoms. The standard InChI is InChI=1S/C32H36N8O/c1-39-15-3-2-4-28(39)27-16-24-18-35-32(37-26-9-7-21(8-10-26)22-11-13-33-14-12-22)38-30(24)40(31(27)41)19-25-17-34-20-36-29(25)23-5-6-23/h7-11,16-18,20,23,28,33H,2-6,12-15,19H2,1H3,(H,35,37,38). The second kappa shape index (κ2) is 11.1. The van der Waals surface area contributed by atoms with Crippen molar-refractivity contribution in [2.24, 2.45) is 0 Å². The smallest absolute Gasteiger partial charge is 0.257 e. The molecule has 4 aromatic rings. The summed E-state index contributed by atoms with van der Waals surface area (Å²) in [6.45, 7) is 3.31. The van der Waals surface area contributed by atoms with Crippen LogP contribution in [0.4, 0.5) is 11.6 Å². The van der Waals surface area contributed by atoms with Crippen molar-refractivity contribution in [1.82, 2.24) is 34.7 Å². The summed E-state index contributed by atoms with van der Waals surface area (Å²) in [6, 6.07) is 10.5. The fraction of sp³-hybridized carbons (Fsp3) is 0.406. The van der Waals surface area contributed by atoms with Crippen LogP contribution in [-0.4, -0.2) is 56.1 Å². The highest BCUT2D eigenvalue weighted by molar-refractivity contribution is 5.77. The van der Waals surface area contributed by atoms with Crippen LogP contribution in [0.2, 0.25) is 0 Å². The number of benzene rings is 1. The van der Waals surface area contributed by atoms with Crippen molar-refractivity contribution in [2.45, 2.75) is 57.0 Å². The van der Waals surface area contributed by atoms with E-state index in [4.69, 9.17) is 4.98 Å². The first-order valence-corrected chi connectivity index (χ1v) is 14.8. The normalized spacial score (nSPS) is 19.7. The molecule has 5 heterocycles. The lowest BCUT2D eigenvalue weighted by atomic mass is 9.96. The Morgan fingerprint density at radius 3 is 2.73 bits per heavy atom. The van der Waals surface area contributed by atoms with Gasteiger partial charge in [0.1, 0.15) is 12.0 Å². The van der Waals surface area contributed by atoms with Gasteiger partial charge in [-0.25, -0.2) is 15.0 Å². The zero-order valence-corrected chi connectivity index (χ0v) is 23.5. The van der Waals surface area contributed by atoms with E-state index < -0.39 is 0 Å². The Balaban J connectivity index is 1.26. The maximum atomic E-state index is 14.2. The maximum Gasteiger partial charge on any atom is 0.257 e. The van der Waals surface area contributed by atoms with Gasteiger partial charge in [-0.15, -0.1) is 0 Å². The molecule has 1 aromatic carbocycles. The van der Waals surface area contributed by atoms with Crippen LogP contribution in [0.15, 0.2) is 59.9 Å². The zero-order valence-electron chi connectivity index (χ0n) is 23.5. The number of likely N-dealkylation sites (tertiary alicyclic amines) is 1. The number of hydrogen-bond donors (Lipinski definition) is 2. The molecule has 3 aromatic heterocycles. The lowest BCUT2D eigenvalue weighted by Crippen LogP contribution is -2.36. The molecule has 3 aliphatic rings. The van der Waals surface area contributed by atoms with E-state index in [0.717, 1.165) is 86.1 Å². The first-order valence-electron chi connectivity index (χ1n) is 14.8. The Kier molecular flexibility index (Phi) is 7.06. The van der Waals surface area contributed by atoms with Crippen LogP contribution in [0.1, 0.15) is 72.9 Å². The molecule has 210 valence electrons. The number of aromatic nitrogens is 5. The van der Waals surface area contributed by atoms with Crippen LogP contribution < -0.4 is 16.2 Å². The first kappa shape index (κ1) is 26.0. The number of fused-ring (bicyclic) bond motifs is 1. The van der Waals surface area contributed by atoms with Gasteiger partial charge < -0.3 is 10.6 Å². The quantitative estimate of drug-likeness (QED) is 0.340. The molecule has 1 atom stereocenters. The minimum Gasteiger partial charge on any atom is -0.324 e. The van der Waals surface area contributed by atoms with Gasteiger partial charge in [0.05, 0.1) is 12.2 Å². The van der Waals surface area contributed by atoms with Crippen LogP contribution in [0.3, 0.4) is 0 Å². The molecule has 1 aliphatic carbocycles. The molecule has 7 rings (SSSR count). The number of piperidine rings is 1. The second-order valence-corrected chi connectivity index (χ2v) is 11.5. The van der Waals surface area contributed by atoms with Crippen LogP contribution >= 0.6 is 0 Å². The summed E-state index contributed by atoms with van der Waals surface area (Å²) in [5.74, 6) is 0.923. The highest BCUT2D eigenvalue weighted by Gasteiger charge is 2.29. The first-order chi connectivity index (χ1) is 20.1. The van der Waals surface area contributed by atoms with Crippen LogP contribution in [0, 0.1) is 0 Å². The molecule has 0 amide bonds. The molecule has 9 nitrogen and oxygen atoms in total. The van der Waals surface area contributed by atoms with E-state index in [1.807, 2.05) is 23.0 Å². The lowest BCUT2D eigenvalue weighted by Gasteiger charge is -2.32. The predicted octanol–water partition coefficient (Wildman–Crippen LogP) is 4.78. The summed E-state index contributed by atoms with van der Waals surface area (Å²) in [5, 5.41) is 7.59. The molecule has 1 saturated heterocycles. The van der Waals surface area contributed by atoms with Gasteiger partial charge in [0.25, 0.3) is 5.56 Å². The fourth-order valence-electron chi connectivity index (χ4n) is 6.26. The van der Waals surface area contributed by atoms with Crippen molar-refractivity contribution < 1.29 is 0 Å². The molecule has 0 bridgehead atoms. The zero-order chi connectivity index (χ0) is 27.8. The minimum atomic E-state index is 0.00565. The van der Waals surface area contributed by atoms with E-state index in [1.165, 1.54) is 11.1 Å². The highest BCUT2D eigenvalue weighted by atomic mass is 16.1. The van der Waals surface area contributed by atoms with Gasteiger partial charge in [-0.05, 0) is 81.6 Å². The van der Waals surface area contributed by atoms with E-state index in [2.05, 4.69) is 67.9 Å².